The smallest absolute Gasteiger partial charge is 0.419 e. The molecule has 110 valence electrons. The number of rotatable bonds is 6. The van der Waals surface area contributed by atoms with E-state index in [1.165, 1.54) is 18.2 Å². The molecule has 5 heteroatoms. The number of para-hydroxylation sites is 1. The molecule has 0 amide bonds. The van der Waals surface area contributed by atoms with Crippen LogP contribution < -0.4 is 4.74 Å². The predicted octanol–water partition coefficient (Wildman–Crippen LogP) is 4.80. The van der Waals surface area contributed by atoms with Crippen molar-refractivity contribution in [2.45, 2.75) is 39.3 Å². The fraction of sp³-hybridized carbons (Fsp3) is 0.533. The summed E-state index contributed by atoms with van der Waals surface area (Å²) >= 11 is 0. The molecule has 0 heterocycles. The lowest BCUT2D eigenvalue weighted by atomic mass is 9.89. The van der Waals surface area contributed by atoms with Crippen molar-refractivity contribution >= 4 is 0 Å². The summed E-state index contributed by atoms with van der Waals surface area (Å²) in [6.07, 6.45) is -2.33. The molecule has 0 aliphatic rings. The van der Waals surface area contributed by atoms with Crippen molar-refractivity contribution < 1.29 is 17.9 Å². The zero-order valence-corrected chi connectivity index (χ0v) is 11.6. The lowest BCUT2D eigenvalue weighted by Crippen LogP contribution is -2.10. The Hall–Kier alpha value is -1.70. The third kappa shape index (κ3) is 5.12. The summed E-state index contributed by atoms with van der Waals surface area (Å²) in [5.74, 6) is -0.139. The van der Waals surface area contributed by atoms with Gasteiger partial charge in [-0.25, -0.2) is 0 Å². The van der Waals surface area contributed by atoms with Crippen LogP contribution in [0.4, 0.5) is 13.2 Å². The highest BCUT2D eigenvalue weighted by Crippen LogP contribution is 2.36. The molecule has 0 unspecified atom stereocenters. The normalized spacial score (nSPS) is 12.0. The van der Waals surface area contributed by atoms with E-state index in [0.717, 1.165) is 12.5 Å². The van der Waals surface area contributed by atoms with Gasteiger partial charge in [0.2, 0.25) is 0 Å². The molecule has 2 nitrogen and oxygen atoms in total. The van der Waals surface area contributed by atoms with Crippen molar-refractivity contribution in [3.8, 4) is 11.8 Å². The van der Waals surface area contributed by atoms with Crippen LogP contribution in [0, 0.1) is 16.7 Å². The summed E-state index contributed by atoms with van der Waals surface area (Å²) in [5.41, 5.74) is -1.15. The molecule has 0 saturated carbocycles. The molecule has 0 radical (unpaired) electrons. The van der Waals surface area contributed by atoms with Gasteiger partial charge in [-0.2, -0.15) is 18.4 Å². The molecule has 0 aromatic heterocycles. The molecule has 1 aromatic rings. The lowest BCUT2D eigenvalue weighted by Gasteiger charge is -2.16. The van der Waals surface area contributed by atoms with E-state index in [1.807, 2.05) is 13.8 Å². The van der Waals surface area contributed by atoms with Gasteiger partial charge in [0, 0.05) is 0 Å². The number of unbranched alkanes of at least 4 members (excludes halogenated alkanes) is 1. The maximum absolute atomic E-state index is 12.7. The van der Waals surface area contributed by atoms with Gasteiger partial charge in [-0.1, -0.05) is 12.1 Å². The second kappa shape index (κ2) is 6.65. The first kappa shape index (κ1) is 16.4. The number of nitriles is 1. The van der Waals surface area contributed by atoms with Gasteiger partial charge in [0.15, 0.2) is 0 Å². The van der Waals surface area contributed by atoms with Gasteiger partial charge in [0.25, 0.3) is 0 Å². The van der Waals surface area contributed by atoms with Crippen molar-refractivity contribution in [1.82, 2.24) is 0 Å². The van der Waals surface area contributed by atoms with Gasteiger partial charge in [0.1, 0.15) is 5.75 Å². The van der Waals surface area contributed by atoms with Crippen LogP contribution in [0.25, 0.3) is 0 Å². The number of halogens is 3. The van der Waals surface area contributed by atoms with Gasteiger partial charge < -0.3 is 4.74 Å². The molecule has 0 aliphatic heterocycles. The van der Waals surface area contributed by atoms with Crippen LogP contribution in [0.2, 0.25) is 0 Å². The number of ether oxygens (including phenoxy) is 1. The summed E-state index contributed by atoms with van der Waals surface area (Å²) in [4.78, 5) is 0. The third-order valence-electron chi connectivity index (χ3n) is 2.95. The monoisotopic (exact) mass is 285 g/mol. The molecule has 0 aliphatic carbocycles. The molecular weight excluding hydrogens is 267 g/mol. The second-order valence-electron chi connectivity index (χ2n) is 5.30. The minimum atomic E-state index is -4.40. The summed E-state index contributed by atoms with van der Waals surface area (Å²) in [6, 6.07) is 7.37. The molecular formula is C15H18F3NO. The van der Waals surface area contributed by atoms with Crippen LogP contribution in [-0.2, 0) is 6.18 Å². The van der Waals surface area contributed by atoms with E-state index in [9.17, 15) is 13.2 Å². The van der Waals surface area contributed by atoms with E-state index >= 15 is 0 Å². The average molecular weight is 285 g/mol. The fourth-order valence-electron chi connectivity index (χ4n) is 1.73. The number of hydrogen-bond acceptors (Lipinski definition) is 2. The summed E-state index contributed by atoms with van der Waals surface area (Å²) in [6.45, 7) is 3.90. The number of hydrogen-bond donors (Lipinski definition) is 0. The Bertz CT molecular complexity index is 475. The van der Waals surface area contributed by atoms with Crippen LogP contribution in [0.1, 0.15) is 38.7 Å². The Morgan fingerprint density at radius 3 is 2.40 bits per heavy atom. The number of benzene rings is 1. The molecule has 0 atom stereocenters. The first-order chi connectivity index (χ1) is 9.26. The predicted molar refractivity (Wildman–Crippen MR) is 70.2 cm³/mol. The summed E-state index contributed by atoms with van der Waals surface area (Å²) in [7, 11) is 0. The average Bonchev–Trinajstić information content (AvgIpc) is 2.37. The molecule has 0 spiro atoms. The first-order valence-corrected chi connectivity index (χ1v) is 6.46. The molecule has 1 aromatic carbocycles. The molecule has 0 bridgehead atoms. The van der Waals surface area contributed by atoms with Crippen LogP contribution in [0.5, 0.6) is 5.75 Å². The zero-order chi connectivity index (χ0) is 15.2. The Balaban J connectivity index is 2.46. The van der Waals surface area contributed by atoms with E-state index in [1.54, 1.807) is 0 Å². The Morgan fingerprint density at radius 2 is 1.80 bits per heavy atom. The standard InChI is InChI=1S/C15H18F3NO/c1-14(2,11-19)9-5-6-10-20-13-8-4-3-7-12(13)15(16,17)18/h3-4,7-8H,5-6,9-10H2,1-2H3. The van der Waals surface area contributed by atoms with Gasteiger partial charge in [-0.15, -0.1) is 0 Å². The maximum Gasteiger partial charge on any atom is 0.419 e. The Morgan fingerprint density at radius 1 is 1.15 bits per heavy atom. The van der Waals surface area contributed by atoms with Crippen molar-refractivity contribution in [3.05, 3.63) is 29.8 Å². The van der Waals surface area contributed by atoms with E-state index in [4.69, 9.17) is 10.00 Å². The largest absolute Gasteiger partial charge is 0.493 e. The van der Waals surface area contributed by atoms with Crippen LogP contribution in [0.15, 0.2) is 24.3 Å². The Kier molecular flexibility index (Phi) is 5.43. The lowest BCUT2D eigenvalue weighted by molar-refractivity contribution is -0.138. The van der Waals surface area contributed by atoms with E-state index < -0.39 is 17.2 Å². The molecule has 0 N–H and O–H groups in total. The summed E-state index contributed by atoms with van der Waals surface area (Å²) in [5, 5.41) is 8.85. The van der Waals surface area contributed by atoms with Crippen LogP contribution in [0.3, 0.4) is 0 Å². The van der Waals surface area contributed by atoms with Gasteiger partial charge >= 0.3 is 6.18 Å². The van der Waals surface area contributed by atoms with Gasteiger partial charge in [0.05, 0.1) is 23.7 Å². The minimum Gasteiger partial charge on any atom is -0.493 e. The highest BCUT2D eigenvalue weighted by molar-refractivity contribution is 5.35. The van der Waals surface area contributed by atoms with Gasteiger partial charge in [-0.05, 0) is 45.2 Å². The number of nitrogens with zero attached hydrogens (tertiary/aromatic N) is 1. The van der Waals surface area contributed by atoms with E-state index in [0.29, 0.717) is 12.8 Å². The van der Waals surface area contributed by atoms with E-state index in [-0.39, 0.29) is 12.4 Å². The third-order valence-corrected chi connectivity index (χ3v) is 2.95. The highest BCUT2D eigenvalue weighted by atomic mass is 19.4. The molecule has 0 saturated heterocycles. The minimum absolute atomic E-state index is 0.139. The summed E-state index contributed by atoms with van der Waals surface area (Å²) < 4.78 is 43.3. The number of alkyl halides is 3. The Labute approximate surface area is 117 Å². The molecule has 1 rings (SSSR count). The van der Waals surface area contributed by atoms with Crippen LogP contribution >= 0.6 is 0 Å². The zero-order valence-electron chi connectivity index (χ0n) is 11.6. The fourth-order valence-corrected chi connectivity index (χ4v) is 1.73. The van der Waals surface area contributed by atoms with Crippen molar-refractivity contribution in [2.75, 3.05) is 6.61 Å². The maximum atomic E-state index is 12.7. The first-order valence-electron chi connectivity index (χ1n) is 6.46. The topological polar surface area (TPSA) is 33.0 Å². The SMILES string of the molecule is CC(C)(C#N)CCCCOc1ccccc1C(F)(F)F. The van der Waals surface area contributed by atoms with Crippen molar-refractivity contribution in [1.29, 1.82) is 5.26 Å². The highest BCUT2D eigenvalue weighted by Gasteiger charge is 2.33. The second-order valence-corrected chi connectivity index (χ2v) is 5.30. The van der Waals surface area contributed by atoms with Gasteiger partial charge in [-0.3, -0.25) is 0 Å². The van der Waals surface area contributed by atoms with Crippen LogP contribution in [-0.4, -0.2) is 6.61 Å². The van der Waals surface area contributed by atoms with Crippen molar-refractivity contribution in [3.63, 3.8) is 0 Å². The van der Waals surface area contributed by atoms with E-state index in [2.05, 4.69) is 6.07 Å². The molecule has 0 fully saturated rings. The quantitative estimate of drug-likeness (QED) is 0.703. The van der Waals surface area contributed by atoms with Crippen molar-refractivity contribution in [2.24, 2.45) is 5.41 Å². The molecule has 20 heavy (non-hydrogen) atoms.